The van der Waals surface area contributed by atoms with Gasteiger partial charge in [-0.2, -0.15) is 18.2 Å². The van der Waals surface area contributed by atoms with Crippen molar-refractivity contribution in [2.24, 2.45) is 5.92 Å². The second-order valence-corrected chi connectivity index (χ2v) is 12.8. The maximum atomic E-state index is 12.5. The summed E-state index contributed by atoms with van der Waals surface area (Å²) in [6, 6.07) is 27.2. The number of hydrogen-bond acceptors (Lipinski definition) is 2. The fourth-order valence-electron chi connectivity index (χ4n) is 5.56. The zero-order valence-corrected chi connectivity index (χ0v) is 26.0. The maximum absolute atomic E-state index is 12.5. The van der Waals surface area contributed by atoms with Crippen LogP contribution in [0.4, 0.5) is 0 Å². The number of benzene rings is 3. The molecule has 1 saturated heterocycles. The summed E-state index contributed by atoms with van der Waals surface area (Å²) in [6.45, 7) is 6.72. The average molecular weight is 628 g/mol. The third kappa shape index (κ3) is 6.38. The molecule has 5 rings (SSSR count). The molecule has 2 bridgehead atoms. The van der Waals surface area contributed by atoms with Crippen LogP contribution in [-0.4, -0.2) is 55.2 Å². The number of amides is 1. The second kappa shape index (κ2) is 13.5. The van der Waals surface area contributed by atoms with Gasteiger partial charge in [0, 0.05) is 37.4 Å². The van der Waals surface area contributed by atoms with Crippen molar-refractivity contribution in [2.45, 2.75) is 44.6 Å². The number of nitrogens with zero attached hydrogens (tertiary/aromatic N) is 2. The number of carbonyl (C=O) groups is 1. The van der Waals surface area contributed by atoms with Crippen molar-refractivity contribution >= 4 is 39.4 Å². The molecule has 6 heteroatoms. The summed E-state index contributed by atoms with van der Waals surface area (Å²) in [5.74, 6) is 0.512. The number of allylic oxidation sites excluding steroid dienone is 2. The number of hydrogen-bond donors (Lipinski definition) is 0. The first-order valence-corrected chi connectivity index (χ1v) is 16.1. The van der Waals surface area contributed by atoms with Crippen molar-refractivity contribution in [3.05, 3.63) is 89.5 Å². The van der Waals surface area contributed by atoms with Crippen molar-refractivity contribution in [1.29, 1.82) is 0 Å². The van der Waals surface area contributed by atoms with Gasteiger partial charge in [0.05, 0.1) is 0 Å². The van der Waals surface area contributed by atoms with E-state index in [1.165, 1.54) is 27.2 Å². The molecule has 1 amide bonds. The van der Waals surface area contributed by atoms with Crippen LogP contribution >= 0.6 is 17.5 Å². The molecule has 200 valence electrons. The van der Waals surface area contributed by atoms with Crippen LogP contribution in [0.5, 0.6) is 0 Å². The van der Waals surface area contributed by atoms with Gasteiger partial charge in [-0.15, -0.1) is 22.4 Å². The summed E-state index contributed by atoms with van der Waals surface area (Å²) < 4.78 is 0. The Balaban J connectivity index is 0.000000200. The van der Waals surface area contributed by atoms with Crippen molar-refractivity contribution in [3.63, 3.8) is 0 Å². The minimum absolute atomic E-state index is 0.199. The normalized spacial score (nSPS) is 22.8. The Morgan fingerprint density at radius 1 is 0.973 bits per heavy atom. The van der Waals surface area contributed by atoms with Crippen molar-refractivity contribution in [2.75, 3.05) is 28.2 Å². The molecule has 2 aliphatic heterocycles. The Hall–Kier alpha value is -1.53. The van der Waals surface area contributed by atoms with E-state index in [0.717, 1.165) is 6.42 Å². The van der Waals surface area contributed by atoms with Crippen LogP contribution in [0.2, 0.25) is 0 Å². The Morgan fingerprint density at radius 3 is 2.22 bits per heavy atom. The van der Waals surface area contributed by atoms with Gasteiger partial charge in [0.1, 0.15) is 0 Å². The van der Waals surface area contributed by atoms with Gasteiger partial charge in [0.15, 0.2) is 0 Å². The minimum atomic E-state index is -0.248. The van der Waals surface area contributed by atoms with E-state index in [-0.39, 0.29) is 13.8 Å². The first kappa shape index (κ1) is 30.0. The molecule has 3 nitrogen and oxygen atoms in total. The molecule has 0 radical (unpaired) electrons. The van der Waals surface area contributed by atoms with Gasteiger partial charge in [-0.05, 0) is 46.6 Å². The molecule has 0 N–H and O–H groups in total. The van der Waals surface area contributed by atoms with Crippen molar-refractivity contribution in [3.8, 4) is 0 Å². The van der Waals surface area contributed by atoms with E-state index in [0.29, 0.717) is 23.3 Å². The molecule has 0 aromatic heterocycles. The van der Waals surface area contributed by atoms with E-state index >= 15 is 0 Å². The van der Waals surface area contributed by atoms with E-state index in [2.05, 4.69) is 134 Å². The van der Waals surface area contributed by atoms with Gasteiger partial charge in [0.2, 0.25) is 5.91 Å². The number of fused-ring (bicyclic) bond motifs is 3. The van der Waals surface area contributed by atoms with Gasteiger partial charge in [0.25, 0.3) is 0 Å². The number of rotatable bonds is 4. The topological polar surface area (TPSA) is 23.6 Å². The van der Waals surface area contributed by atoms with Gasteiger partial charge in [-0.25, -0.2) is 0 Å². The van der Waals surface area contributed by atoms with Gasteiger partial charge in [-0.1, -0.05) is 67.6 Å². The Labute approximate surface area is 239 Å². The summed E-state index contributed by atoms with van der Waals surface area (Å²) in [5.41, 5.74) is 5.39. The van der Waals surface area contributed by atoms with Crippen LogP contribution in [0.3, 0.4) is 0 Å². The zero-order valence-electron chi connectivity index (χ0n) is 22.8. The SMILES string of the molecule is CC1=C(C)[C@@H]2[C@H](C(=O)N(C)C)C[C@H]1[P@@]2c1ccccc1.C[C@H](c1[c-]ccc2ccccc12)N(C)C.[Cl][Pd+]. The van der Waals surface area contributed by atoms with E-state index in [1.54, 1.807) is 10.5 Å². The summed E-state index contributed by atoms with van der Waals surface area (Å²) in [4.78, 5) is 16.5. The van der Waals surface area contributed by atoms with Crippen LogP contribution in [0, 0.1) is 12.0 Å². The zero-order chi connectivity index (χ0) is 27.3. The number of halogens is 1. The van der Waals surface area contributed by atoms with E-state index < -0.39 is 0 Å². The summed E-state index contributed by atoms with van der Waals surface area (Å²) in [5, 5.41) is 4.06. The van der Waals surface area contributed by atoms with Crippen LogP contribution in [0.25, 0.3) is 10.8 Å². The van der Waals surface area contributed by atoms with Crippen LogP contribution in [-0.2, 0) is 23.0 Å². The van der Waals surface area contributed by atoms with Gasteiger partial charge < -0.3 is 9.80 Å². The molecular weight excluding hydrogens is 589 g/mol. The molecule has 0 spiro atoms. The fourth-order valence-corrected chi connectivity index (χ4v) is 9.48. The molecule has 3 aromatic carbocycles. The molecule has 0 unspecified atom stereocenters. The van der Waals surface area contributed by atoms with E-state index in [1.807, 2.05) is 20.2 Å². The molecular formula is C31H38ClN2OPPd. The molecule has 5 atom stereocenters. The molecule has 2 aliphatic rings. The summed E-state index contributed by atoms with van der Waals surface area (Å²) >= 11 is 2.22. The second-order valence-electron chi connectivity index (χ2n) is 10.3. The van der Waals surface area contributed by atoms with Crippen LogP contribution < -0.4 is 5.30 Å². The van der Waals surface area contributed by atoms with Gasteiger partial charge >= 0.3 is 27.7 Å². The fraction of sp³-hybridized carbons (Fsp3) is 0.387. The first-order chi connectivity index (χ1) is 17.7. The van der Waals surface area contributed by atoms with E-state index in [4.69, 9.17) is 0 Å². The standard InChI is InChI=1S/C17H22NOP.C14H16N.ClH.Pd/c1-11-12(2)16-14(17(19)18(3)4)10-15(11)20(16)13-8-6-5-7-9-13;1-11(15(2)3)13-10-6-8-12-7-4-5-9-14(12)13;;/h5-9,14-16H,10H2,1-4H3;4-9,11H,1-3H3;1H;/q;-1;;+2/p-1/t14-,15-,16-,20-;11-;;/m11../s1. The molecule has 2 heterocycles. The van der Waals surface area contributed by atoms with E-state index in [9.17, 15) is 4.79 Å². The Kier molecular flexibility index (Phi) is 11.0. The molecule has 0 saturated carbocycles. The van der Waals surface area contributed by atoms with Crippen LogP contribution in [0.15, 0.2) is 77.9 Å². The van der Waals surface area contributed by atoms with Crippen molar-refractivity contribution < 1.29 is 23.0 Å². The number of carbonyl (C=O) groups excluding carboxylic acids is 1. The van der Waals surface area contributed by atoms with Crippen molar-refractivity contribution in [1.82, 2.24) is 9.80 Å². The monoisotopic (exact) mass is 626 g/mol. The predicted octanol–water partition coefficient (Wildman–Crippen LogP) is 6.94. The predicted molar refractivity (Wildman–Crippen MR) is 156 cm³/mol. The Bertz CT molecular complexity index is 1220. The molecule has 1 fully saturated rings. The summed E-state index contributed by atoms with van der Waals surface area (Å²) in [6.07, 6.45) is 1.05. The third-order valence-corrected chi connectivity index (χ3v) is 11.3. The first-order valence-electron chi connectivity index (χ1n) is 12.6. The molecule has 37 heavy (non-hydrogen) atoms. The molecule has 3 aromatic rings. The van der Waals surface area contributed by atoms with Crippen LogP contribution in [0.1, 0.15) is 38.8 Å². The Morgan fingerprint density at radius 2 is 1.59 bits per heavy atom. The van der Waals surface area contributed by atoms with Gasteiger partial charge in [-0.3, -0.25) is 4.79 Å². The molecule has 0 aliphatic carbocycles. The average Bonchev–Trinajstić information content (AvgIpc) is 3.43. The quantitative estimate of drug-likeness (QED) is 0.136. The third-order valence-electron chi connectivity index (χ3n) is 7.82. The summed E-state index contributed by atoms with van der Waals surface area (Å²) in [7, 11) is 12.2.